The molecule has 0 fully saturated rings. The van der Waals surface area contributed by atoms with Crippen LogP contribution in [0.1, 0.15) is 10.4 Å². The van der Waals surface area contributed by atoms with Gasteiger partial charge in [0.05, 0.1) is 4.92 Å². The Labute approximate surface area is 357 Å². The second-order valence-electron chi connectivity index (χ2n) is 13.7. The first-order valence-electron chi connectivity index (χ1n) is 17.7. The minimum absolute atomic E-state index is 0.0752. The normalized spacial score (nSPS) is 11.5. The summed E-state index contributed by atoms with van der Waals surface area (Å²) >= 11 is 0. The number of halogens is 20. The molecular formula is C41H13BF20N2O3. The van der Waals surface area contributed by atoms with Gasteiger partial charge in [0.25, 0.3) is 5.69 Å². The molecule has 6 aromatic carbocycles. The molecule has 7 aromatic rings. The number of aromatic nitrogens is 1. The summed E-state index contributed by atoms with van der Waals surface area (Å²) in [6.45, 7) is 0.141. The largest absolute Gasteiger partial charge is 0.287 e. The number of nitrogens with zero attached hydrogens (tertiary/aromatic N) is 2. The van der Waals surface area contributed by atoms with E-state index < -0.39 is 149 Å². The number of nitro groups is 1. The van der Waals surface area contributed by atoms with Crippen molar-refractivity contribution < 1.29 is 102 Å². The van der Waals surface area contributed by atoms with Crippen LogP contribution in [0, 0.1) is 126 Å². The third-order valence-electron chi connectivity index (χ3n) is 10.2. The van der Waals surface area contributed by atoms with Gasteiger partial charge in [-0.15, -0.1) is 21.9 Å². The first-order valence-corrected chi connectivity index (χ1v) is 17.7. The highest BCUT2D eigenvalue weighted by molar-refractivity contribution is 7.20. The monoisotopic (exact) mass is 972 g/mol. The van der Waals surface area contributed by atoms with Crippen LogP contribution in [0.4, 0.5) is 93.5 Å². The van der Waals surface area contributed by atoms with E-state index in [1.165, 1.54) is 18.2 Å². The van der Waals surface area contributed by atoms with Gasteiger partial charge in [-0.1, -0.05) is 24.3 Å². The topological polar surface area (TPSA) is 64.1 Å². The maximum absolute atomic E-state index is 15.4. The second kappa shape index (κ2) is 18.0. The quantitative estimate of drug-likeness (QED) is 0.0224. The Morgan fingerprint density at radius 1 is 0.433 bits per heavy atom. The number of hydrogen-bond acceptors (Lipinski definition) is 3. The molecule has 5 nitrogen and oxygen atoms in total. The van der Waals surface area contributed by atoms with Gasteiger partial charge >= 0.3 is 0 Å². The summed E-state index contributed by atoms with van der Waals surface area (Å²) in [7, 11) is 0. The van der Waals surface area contributed by atoms with Crippen molar-refractivity contribution in [3.8, 4) is 0 Å². The molecule has 0 spiro atoms. The van der Waals surface area contributed by atoms with E-state index in [4.69, 9.17) is 0 Å². The Morgan fingerprint density at radius 3 is 1.09 bits per heavy atom. The summed E-state index contributed by atoms with van der Waals surface area (Å²) in [5.74, 6) is -71.6. The van der Waals surface area contributed by atoms with E-state index in [1.807, 2.05) is 47.2 Å². The molecule has 7 rings (SSSR count). The number of fused-ring (bicyclic) bond motifs is 1. The number of nitro benzene ring substituents is 1. The number of non-ortho nitro benzene ring substituents is 1. The van der Waals surface area contributed by atoms with Crippen molar-refractivity contribution in [2.24, 2.45) is 0 Å². The van der Waals surface area contributed by atoms with Crippen LogP contribution in [-0.4, -0.2) is 16.9 Å². The zero-order valence-electron chi connectivity index (χ0n) is 31.8. The molecule has 0 aliphatic carbocycles. The second-order valence-corrected chi connectivity index (χ2v) is 13.7. The fourth-order valence-electron chi connectivity index (χ4n) is 7.27. The number of hydrogen-bond donors (Lipinski definition) is 0. The fourth-order valence-corrected chi connectivity index (χ4v) is 7.27. The van der Waals surface area contributed by atoms with Gasteiger partial charge in [0.1, 0.15) is 52.7 Å². The molecule has 0 saturated carbocycles. The molecule has 0 radical (unpaired) electrons. The standard InChI is InChI=1S/C24BF20.C17H13N2O3/c26-5-1(6(27)14(35)21(42)13(5)34)25(2-7(28)15(36)22(43)16(37)8(2)29,3-9(30)17(38)23(44)18(39)10(3)31)4-11(32)19(40)24(45)20(41)12(4)33;20-17(14-6-3-8-15(11-14)19(21)22)12-18-10-4-7-13-5-1-2-9-16(13)18/h;1-11H,12H2/q-1;+1. The van der Waals surface area contributed by atoms with Crippen molar-refractivity contribution in [1.82, 2.24) is 0 Å². The van der Waals surface area contributed by atoms with E-state index >= 15 is 35.1 Å². The minimum Gasteiger partial charge on any atom is -0.287 e. The Balaban J connectivity index is 0.000000279. The molecule has 0 unspecified atom stereocenters. The van der Waals surface area contributed by atoms with Crippen molar-refractivity contribution in [2.75, 3.05) is 0 Å². The Kier molecular flexibility index (Phi) is 13.2. The Morgan fingerprint density at radius 2 is 0.746 bits per heavy atom. The van der Waals surface area contributed by atoms with E-state index in [9.17, 15) is 67.6 Å². The van der Waals surface area contributed by atoms with Crippen molar-refractivity contribution in [3.05, 3.63) is 199 Å². The average Bonchev–Trinajstić information content (AvgIpc) is 3.31. The van der Waals surface area contributed by atoms with Crippen LogP contribution in [-0.2, 0) is 6.54 Å². The summed E-state index contributed by atoms with van der Waals surface area (Å²) < 4.78 is 296. The van der Waals surface area contributed by atoms with Crippen LogP contribution >= 0.6 is 0 Å². The van der Waals surface area contributed by atoms with Gasteiger partial charge in [-0.2, -0.15) is 4.57 Å². The lowest BCUT2D eigenvalue weighted by Crippen LogP contribution is -2.81. The van der Waals surface area contributed by atoms with Crippen molar-refractivity contribution in [1.29, 1.82) is 0 Å². The van der Waals surface area contributed by atoms with Crippen LogP contribution in [0.2, 0.25) is 0 Å². The third-order valence-corrected chi connectivity index (χ3v) is 10.2. The van der Waals surface area contributed by atoms with Gasteiger partial charge in [-0.3, -0.25) is 14.9 Å². The lowest BCUT2D eigenvalue weighted by Gasteiger charge is -2.44. The predicted molar refractivity (Wildman–Crippen MR) is 191 cm³/mol. The van der Waals surface area contributed by atoms with Crippen molar-refractivity contribution in [2.45, 2.75) is 6.54 Å². The number of carbonyl (C=O) groups excluding carboxylic acids is 1. The Bertz CT molecular complexity index is 2860. The van der Waals surface area contributed by atoms with Crippen molar-refractivity contribution >= 4 is 50.4 Å². The first-order chi connectivity index (χ1) is 31.3. The molecule has 0 aliphatic rings. The van der Waals surface area contributed by atoms with Crippen LogP contribution in [0.5, 0.6) is 0 Å². The molecule has 0 saturated heterocycles. The molecule has 67 heavy (non-hydrogen) atoms. The fraction of sp³-hybridized carbons (Fsp3) is 0.0244. The van der Waals surface area contributed by atoms with Gasteiger partial charge < -0.3 is 0 Å². The van der Waals surface area contributed by atoms with E-state index in [0.29, 0.717) is 5.56 Å². The molecule has 0 atom stereocenters. The molecule has 1 heterocycles. The smallest absolute Gasteiger partial charge is 0.270 e. The lowest BCUT2D eigenvalue weighted by atomic mass is 9.12. The summed E-state index contributed by atoms with van der Waals surface area (Å²) in [5, 5.41) is 11.8. The number of Topliss-reactive ketones (excluding diaryl/α,β-unsaturated/α-hetero) is 1. The lowest BCUT2D eigenvalue weighted by molar-refractivity contribution is -0.657. The van der Waals surface area contributed by atoms with Gasteiger partial charge in [0, 0.05) is 35.2 Å². The zero-order chi connectivity index (χ0) is 49.9. The third kappa shape index (κ3) is 7.71. The van der Waals surface area contributed by atoms with E-state index in [1.54, 1.807) is 6.07 Å². The van der Waals surface area contributed by atoms with Crippen LogP contribution in [0.3, 0.4) is 0 Å². The molecule has 0 aliphatic heterocycles. The zero-order valence-corrected chi connectivity index (χ0v) is 31.8. The molecule has 0 amide bonds. The van der Waals surface area contributed by atoms with Gasteiger partial charge in [0.2, 0.25) is 17.8 Å². The summed E-state index contributed by atoms with van der Waals surface area (Å²) in [5.41, 5.74) is -13.1. The number of pyridine rings is 1. The highest BCUT2D eigenvalue weighted by Crippen LogP contribution is 2.31. The highest BCUT2D eigenvalue weighted by atomic mass is 19.2. The maximum atomic E-state index is 15.4. The number of ketones is 1. The first kappa shape index (κ1) is 48.9. The summed E-state index contributed by atoms with van der Waals surface area (Å²) in [6.07, 6.45) is -5.39. The molecule has 0 N–H and O–H groups in total. The van der Waals surface area contributed by atoms with Gasteiger partial charge in [-0.25, -0.2) is 87.8 Å². The van der Waals surface area contributed by atoms with Crippen LogP contribution in [0.15, 0.2) is 66.9 Å². The average molecular weight is 972 g/mol. The van der Waals surface area contributed by atoms with Gasteiger partial charge in [-0.05, 0) is 12.1 Å². The number of rotatable bonds is 8. The molecule has 26 heteroatoms. The minimum atomic E-state index is -7.22. The number of carbonyl (C=O) groups is 1. The van der Waals surface area contributed by atoms with Gasteiger partial charge in [0.15, 0.2) is 76.0 Å². The molecule has 0 bridgehead atoms. The SMILES string of the molecule is Fc1c(F)c(F)c([B-](c2c(F)c(F)c(F)c(F)c2F)(c2c(F)c(F)c(F)c(F)c2F)c2c(F)c(F)c(F)c(F)c2F)c(F)c1F.O=C(C[n+]1cccc2ccccc21)c1cccc([N+](=O)[O-])c1. The summed E-state index contributed by atoms with van der Waals surface area (Å²) in [6, 6.07) is 17.4. The molecule has 1 aromatic heterocycles. The maximum Gasteiger partial charge on any atom is 0.270 e. The van der Waals surface area contributed by atoms with Crippen LogP contribution in [0.25, 0.3) is 10.9 Å². The van der Waals surface area contributed by atoms with Crippen LogP contribution < -0.4 is 26.4 Å². The van der Waals surface area contributed by atoms with E-state index in [-0.39, 0.29) is 18.0 Å². The van der Waals surface area contributed by atoms with E-state index in [2.05, 4.69) is 0 Å². The number of para-hydroxylation sites is 1. The highest BCUT2D eigenvalue weighted by Gasteiger charge is 2.52. The summed E-state index contributed by atoms with van der Waals surface area (Å²) in [4.78, 5) is 22.7. The van der Waals surface area contributed by atoms with E-state index in [0.717, 1.165) is 10.9 Å². The predicted octanol–water partition coefficient (Wildman–Crippen LogP) is 8.76. The Hall–Kier alpha value is -7.54. The molecular weight excluding hydrogens is 959 g/mol. The molecule has 348 valence electrons. The number of benzene rings is 6. The van der Waals surface area contributed by atoms with Crippen molar-refractivity contribution in [3.63, 3.8) is 0 Å².